The minimum absolute atomic E-state index is 0.0384. The van der Waals surface area contributed by atoms with Gasteiger partial charge in [0.25, 0.3) is 0 Å². The van der Waals surface area contributed by atoms with E-state index in [0.29, 0.717) is 43.1 Å². The summed E-state index contributed by atoms with van der Waals surface area (Å²) in [6, 6.07) is 1.97. The van der Waals surface area contributed by atoms with Crippen LogP contribution in [-0.2, 0) is 19.1 Å². The van der Waals surface area contributed by atoms with Gasteiger partial charge in [0.15, 0.2) is 5.78 Å². The van der Waals surface area contributed by atoms with Crippen molar-refractivity contribution in [3.05, 3.63) is 46.9 Å². The largest absolute Gasteiger partial charge is 0.465 e. The van der Waals surface area contributed by atoms with E-state index in [2.05, 4.69) is 49.0 Å². The maximum absolute atomic E-state index is 15.4. The van der Waals surface area contributed by atoms with E-state index in [1.807, 2.05) is 18.5 Å². The molecular weight excluding hydrogens is 857 g/mol. The summed E-state index contributed by atoms with van der Waals surface area (Å²) < 4.78 is 5.92. The third-order valence-corrected chi connectivity index (χ3v) is 21.1. The molecule has 19 unspecified atom stereocenters. The number of aromatic amines is 1. The number of hydrogen-bond acceptors (Lipinski definition) is 10. The van der Waals surface area contributed by atoms with Crippen LogP contribution in [-0.4, -0.2) is 90.7 Å². The van der Waals surface area contributed by atoms with Gasteiger partial charge >= 0.3 is 5.97 Å². The van der Waals surface area contributed by atoms with Gasteiger partial charge in [-0.25, -0.2) is 0 Å². The monoisotopic (exact) mass is 937 g/mol. The molecule has 10 rings (SSSR count). The summed E-state index contributed by atoms with van der Waals surface area (Å²) in [4.78, 5) is 45.0. The Labute approximate surface area is 404 Å². The van der Waals surface area contributed by atoms with Gasteiger partial charge in [0.1, 0.15) is 5.78 Å². The molecule has 5 saturated carbocycles. The van der Waals surface area contributed by atoms with Crippen LogP contribution < -0.4 is 5.32 Å². The number of carbonyl (C=O) groups excluding carboxylic acids is 3. The number of aliphatic hydroxyl groups excluding tert-OH is 3. The number of Topliss-reactive ketones (excluding diaryl/α,β-unsaturated/α-hetero) is 2. The average Bonchev–Trinajstić information content (AvgIpc) is 4.03. The molecule has 19 atom stereocenters. The summed E-state index contributed by atoms with van der Waals surface area (Å²) in [6.07, 6.45) is 15.5. The molecule has 0 radical (unpaired) electrons. The predicted molar refractivity (Wildman–Crippen MR) is 257 cm³/mol. The van der Waals surface area contributed by atoms with Crippen LogP contribution in [0.1, 0.15) is 155 Å². The van der Waals surface area contributed by atoms with E-state index in [-0.39, 0.29) is 97.1 Å². The molecular formula is C57H80N2O9. The number of nitrogens with one attached hydrogen (secondary N) is 2. The van der Waals surface area contributed by atoms with Crippen LogP contribution in [0.2, 0.25) is 0 Å². The molecule has 0 bridgehead atoms. The minimum atomic E-state index is -1.66. The highest BCUT2D eigenvalue weighted by Crippen LogP contribution is 2.73. The second-order valence-electron chi connectivity index (χ2n) is 24.7. The molecule has 11 heteroatoms. The number of cyclic esters (lactones) is 1. The van der Waals surface area contributed by atoms with Crippen molar-refractivity contribution in [2.24, 2.45) is 81.8 Å². The first-order valence-corrected chi connectivity index (χ1v) is 26.9. The van der Waals surface area contributed by atoms with Crippen LogP contribution >= 0.6 is 0 Å². The van der Waals surface area contributed by atoms with Crippen molar-refractivity contribution in [1.82, 2.24) is 10.3 Å². The summed E-state index contributed by atoms with van der Waals surface area (Å²) >= 11 is 0. The molecule has 7 N–H and O–H groups in total. The van der Waals surface area contributed by atoms with Crippen LogP contribution in [0.4, 0.5) is 0 Å². The highest BCUT2D eigenvalue weighted by molar-refractivity contribution is 6.00. The van der Waals surface area contributed by atoms with Crippen LogP contribution in [0.3, 0.4) is 0 Å². The van der Waals surface area contributed by atoms with Crippen molar-refractivity contribution < 1.29 is 44.7 Å². The molecule has 2 heterocycles. The zero-order chi connectivity index (χ0) is 48.1. The molecule has 1 aromatic rings. The number of fused-ring (bicyclic) bond motifs is 10. The van der Waals surface area contributed by atoms with Crippen LogP contribution in [0, 0.1) is 93.7 Å². The highest BCUT2D eigenvalue weighted by Gasteiger charge is 2.74. The number of carbonyl (C=O) groups is 3. The minimum Gasteiger partial charge on any atom is -0.465 e. The standard InChI is InChI=1S/C57H80N2O9/c1-31-14-15-34-16-17-39-32(2)23-47(63)55(5,66)52-36(11-9-10-35(24-41(39)40(34)22-31)42-30-68-53(65)48(42)37-19-21-58-29-37)26-57(67)49-43(18-20-54(52,57)4)56(38-12-7-6-8-13-38)27-46(62)45(61)25-44(56)51(64)50(49)59-28-33(3)60/h16,19,21,29,31-32,35-36,38-48,52,58-59,61-63,66-67H,6-8,11-15,17-18,20,22-28,30H2,1-5H3. The lowest BCUT2D eigenvalue weighted by Gasteiger charge is -2.64. The number of rotatable bonds is 6. The fourth-order valence-corrected chi connectivity index (χ4v) is 18.0. The van der Waals surface area contributed by atoms with E-state index in [1.54, 1.807) is 12.5 Å². The summed E-state index contributed by atoms with van der Waals surface area (Å²) in [5.41, 5.74) is -1.70. The third kappa shape index (κ3) is 7.65. The van der Waals surface area contributed by atoms with Gasteiger partial charge in [0.2, 0.25) is 0 Å². The second-order valence-corrected chi connectivity index (χ2v) is 24.7. The van der Waals surface area contributed by atoms with Crippen molar-refractivity contribution in [3.8, 4) is 11.8 Å². The van der Waals surface area contributed by atoms with Crippen LogP contribution in [0.25, 0.3) is 0 Å². The molecule has 1 aliphatic heterocycles. The van der Waals surface area contributed by atoms with Gasteiger partial charge in [-0.1, -0.05) is 57.6 Å². The smallest absolute Gasteiger partial charge is 0.313 e. The maximum atomic E-state index is 15.4. The number of ketones is 2. The van der Waals surface area contributed by atoms with Crippen molar-refractivity contribution >= 4 is 17.5 Å². The van der Waals surface area contributed by atoms with Gasteiger partial charge in [0, 0.05) is 47.9 Å². The quantitative estimate of drug-likeness (QED) is 0.0865. The fraction of sp³-hybridized carbons (Fsp3) is 0.772. The Bertz CT molecular complexity index is 2230. The molecule has 6 fully saturated rings. The van der Waals surface area contributed by atoms with Crippen LogP contribution in [0.5, 0.6) is 0 Å². The van der Waals surface area contributed by atoms with E-state index >= 15 is 4.79 Å². The second kappa shape index (κ2) is 18.1. The zero-order valence-electron chi connectivity index (χ0n) is 41.4. The molecule has 0 amide bonds. The van der Waals surface area contributed by atoms with E-state index in [9.17, 15) is 35.1 Å². The zero-order valence-corrected chi connectivity index (χ0v) is 41.4. The molecule has 8 aliphatic carbocycles. The lowest BCUT2D eigenvalue weighted by Crippen LogP contribution is -2.66. The molecule has 11 nitrogen and oxygen atoms in total. The Balaban J connectivity index is 1.11. The topological polar surface area (TPSA) is 189 Å². The molecule has 68 heavy (non-hydrogen) atoms. The summed E-state index contributed by atoms with van der Waals surface area (Å²) in [5, 5.41) is 66.4. The van der Waals surface area contributed by atoms with Gasteiger partial charge < -0.3 is 40.6 Å². The van der Waals surface area contributed by atoms with Gasteiger partial charge in [-0.2, -0.15) is 0 Å². The number of ether oxygens (including phenoxy) is 1. The number of esters is 1. The van der Waals surface area contributed by atoms with E-state index in [1.165, 1.54) is 13.3 Å². The molecule has 372 valence electrons. The molecule has 9 aliphatic rings. The Morgan fingerprint density at radius 3 is 2.44 bits per heavy atom. The summed E-state index contributed by atoms with van der Waals surface area (Å²) in [7, 11) is 0. The molecule has 1 saturated heterocycles. The molecule has 0 spiro atoms. The van der Waals surface area contributed by atoms with Gasteiger partial charge in [-0.3, -0.25) is 14.4 Å². The summed E-state index contributed by atoms with van der Waals surface area (Å²) in [5.74, 6) is 5.85. The van der Waals surface area contributed by atoms with E-state index in [0.717, 1.165) is 63.4 Å². The highest BCUT2D eigenvalue weighted by atomic mass is 16.5. The first-order chi connectivity index (χ1) is 32.4. The fourth-order valence-electron chi connectivity index (χ4n) is 18.0. The van der Waals surface area contributed by atoms with Crippen molar-refractivity contribution in [2.75, 3.05) is 13.2 Å². The first-order valence-electron chi connectivity index (χ1n) is 26.9. The van der Waals surface area contributed by atoms with E-state index in [4.69, 9.17) is 4.74 Å². The van der Waals surface area contributed by atoms with Crippen LogP contribution in [0.15, 0.2) is 41.4 Å². The normalized spacial score (nSPS) is 47.4. The van der Waals surface area contributed by atoms with Crippen molar-refractivity contribution in [1.29, 1.82) is 0 Å². The number of allylic oxidation sites excluding steroid dienone is 3. The molecule has 0 aromatic carbocycles. The third-order valence-electron chi connectivity index (χ3n) is 21.1. The Morgan fingerprint density at radius 1 is 0.926 bits per heavy atom. The average molecular weight is 937 g/mol. The van der Waals surface area contributed by atoms with Gasteiger partial charge in [0.05, 0.1) is 54.3 Å². The predicted octanol–water partition coefficient (Wildman–Crippen LogP) is 7.32. The van der Waals surface area contributed by atoms with Crippen molar-refractivity contribution in [3.63, 3.8) is 0 Å². The van der Waals surface area contributed by atoms with Crippen molar-refractivity contribution in [2.45, 2.75) is 179 Å². The number of H-pyrrole nitrogens is 1. The SMILES string of the molecule is CC(=O)CNC1=C2C(CCC3(C)C4C(CC#CC(C5COC(=O)C5c5cc[nH]c5)CC5C6CC(C)CCC6=CCC5C(C)CC(O)C4(C)O)CC23O)C2(C3CCCCC3)CC(O)C(O)CC2C1=O. The summed E-state index contributed by atoms with van der Waals surface area (Å²) in [6.45, 7) is 10.1. The maximum Gasteiger partial charge on any atom is 0.313 e. The Hall–Kier alpha value is -3.27. The lowest BCUT2D eigenvalue weighted by atomic mass is 9.41. The Morgan fingerprint density at radius 2 is 1.71 bits per heavy atom. The van der Waals surface area contributed by atoms with Gasteiger partial charge in [-0.05, 0) is 167 Å². The van der Waals surface area contributed by atoms with Gasteiger partial charge in [-0.15, -0.1) is 5.92 Å². The first kappa shape index (κ1) is 48.4. The van der Waals surface area contributed by atoms with E-state index < -0.39 is 64.0 Å². The number of hydrogen-bond donors (Lipinski definition) is 7. The molecule has 1 aromatic heterocycles. The Kier molecular flexibility index (Phi) is 12.9. The number of aliphatic hydroxyl groups is 5. The number of aromatic nitrogens is 1. The lowest BCUT2D eigenvalue weighted by molar-refractivity contribution is -0.192.